The molecule has 1 aromatic carbocycles. The number of likely N-dealkylation sites (tertiary alicyclic amines) is 1. The molecule has 3 rings (SSSR count). The van der Waals surface area contributed by atoms with E-state index in [-0.39, 0.29) is 5.66 Å². The molecule has 106 valence electrons. The van der Waals surface area contributed by atoms with Crippen molar-refractivity contribution in [2.24, 2.45) is 0 Å². The van der Waals surface area contributed by atoms with Gasteiger partial charge in [-0.2, -0.15) is 0 Å². The van der Waals surface area contributed by atoms with Gasteiger partial charge in [-0.25, -0.2) is 0 Å². The number of thiophene rings is 1. The minimum atomic E-state index is -0.0104. The molecule has 3 heteroatoms. The molecule has 0 amide bonds. The third-order valence-corrected chi connectivity index (χ3v) is 5.21. The summed E-state index contributed by atoms with van der Waals surface area (Å²) in [5, 5.41) is 5.80. The van der Waals surface area contributed by atoms with Crippen molar-refractivity contribution in [3.8, 4) is 0 Å². The van der Waals surface area contributed by atoms with E-state index in [4.69, 9.17) is 0 Å². The fourth-order valence-electron chi connectivity index (χ4n) is 3.31. The molecular formula is C17H22N2S. The average Bonchev–Trinajstić information content (AvgIpc) is 3.02. The maximum absolute atomic E-state index is 3.63. The number of nitrogens with one attached hydrogen (secondary N) is 1. The Hall–Kier alpha value is -1.16. The van der Waals surface area contributed by atoms with E-state index >= 15 is 0 Å². The summed E-state index contributed by atoms with van der Waals surface area (Å²) in [7, 11) is 2.10. The first-order valence-corrected chi connectivity index (χ1v) is 8.25. The zero-order chi connectivity index (χ0) is 13.8. The number of benzene rings is 1. The van der Waals surface area contributed by atoms with Crippen LogP contribution in [0.15, 0.2) is 47.8 Å². The van der Waals surface area contributed by atoms with Crippen LogP contribution in [0.2, 0.25) is 0 Å². The number of piperidine rings is 1. The van der Waals surface area contributed by atoms with Crippen LogP contribution in [0.1, 0.15) is 29.7 Å². The molecule has 2 heterocycles. The summed E-state index contributed by atoms with van der Waals surface area (Å²) >= 11 is 1.85. The van der Waals surface area contributed by atoms with Crippen molar-refractivity contribution in [2.45, 2.75) is 31.5 Å². The fraction of sp³-hybridized carbons (Fsp3) is 0.412. The predicted molar refractivity (Wildman–Crippen MR) is 85.8 cm³/mol. The molecule has 0 aliphatic carbocycles. The van der Waals surface area contributed by atoms with Crippen molar-refractivity contribution in [3.63, 3.8) is 0 Å². The highest BCUT2D eigenvalue weighted by Gasteiger charge is 2.38. The van der Waals surface area contributed by atoms with Gasteiger partial charge in [-0.1, -0.05) is 36.4 Å². The Morgan fingerprint density at radius 1 is 1.15 bits per heavy atom. The van der Waals surface area contributed by atoms with E-state index in [9.17, 15) is 0 Å². The monoisotopic (exact) mass is 286 g/mol. The first-order valence-electron chi connectivity index (χ1n) is 7.37. The smallest absolute Gasteiger partial charge is 0.0975 e. The van der Waals surface area contributed by atoms with Crippen molar-refractivity contribution in [1.82, 2.24) is 10.2 Å². The van der Waals surface area contributed by atoms with Crippen LogP contribution in [0, 0.1) is 0 Å². The van der Waals surface area contributed by atoms with Crippen LogP contribution < -0.4 is 5.32 Å². The largest absolute Gasteiger partial charge is 0.298 e. The van der Waals surface area contributed by atoms with Gasteiger partial charge in [0.05, 0.1) is 5.66 Å². The average molecular weight is 286 g/mol. The molecule has 20 heavy (non-hydrogen) atoms. The van der Waals surface area contributed by atoms with E-state index in [0.717, 1.165) is 13.1 Å². The van der Waals surface area contributed by atoms with Gasteiger partial charge in [0.25, 0.3) is 0 Å². The first kappa shape index (κ1) is 13.8. The lowest BCUT2D eigenvalue weighted by molar-refractivity contribution is 0.0127. The molecule has 1 atom stereocenters. The Balaban J connectivity index is 1.93. The lowest BCUT2D eigenvalue weighted by atomic mass is 9.88. The van der Waals surface area contributed by atoms with Gasteiger partial charge in [0, 0.05) is 18.0 Å². The lowest BCUT2D eigenvalue weighted by Gasteiger charge is -2.47. The summed E-state index contributed by atoms with van der Waals surface area (Å²) in [6.45, 7) is 2.20. The van der Waals surface area contributed by atoms with Crippen molar-refractivity contribution in [2.75, 3.05) is 13.6 Å². The molecule has 1 aliphatic rings. The lowest BCUT2D eigenvalue weighted by Crippen LogP contribution is -2.56. The minimum Gasteiger partial charge on any atom is -0.298 e. The Bertz CT molecular complexity index is 523. The van der Waals surface area contributed by atoms with Gasteiger partial charge in [-0.3, -0.25) is 10.2 Å². The maximum Gasteiger partial charge on any atom is 0.0975 e. The second kappa shape index (κ2) is 6.08. The van der Waals surface area contributed by atoms with E-state index < -0.39 is 0 Å². The summed E-state index contributed by atoms with van der Waals surface area (Å²) in [6, 6.07) is 15.3. The van der Waals surface area contributed by atoms with E-state index in [1.165, 1.54) is 29.7 Å². The van der Waals surface area contributed by atoms with Crippen molar-refractivity contribution in [3.05, 3.63) is 58.3 Å². The molecule has 1 N–H and O–H groups in total. The second-order valence-electron chi connectivity index (χ2n) is 5.43. The molecular weight excluding hydrogens is 264 g/mol. The van der Waals surface area contributed by atoms with Gasteiger partial charge >= 0.3 is 0 Å². The molecule has 0 radical (unpaired) electrons. The molecule has 2 nitrogen and oxygen atoms in total. The Labute approximate surface area is 125 Å². The quantitative estimate of drug-likeness (QED) is 0.919. The van der Waals surface area contributed by atoms with Gasteiger partial charge in [0.15, 0.2) is 0 Å². The summed E-state index contributed by atoms with van der Waals surface area (Å²) < 4.78 is 0. The van der Waals surface area contributed by atoms with Crippen molar-refractivity contribution < 1.29 is 0 Å². The molecule has 2 aromatic rings. The molecule has 0 spiro atoms. The van der Waals surface area contributed by atoms with Crippen LogP contribution in [0.5, 0.6) is 0 Å². The fourth-order valence-corrected chi connectivity index (χ4v) is 4.02. The highest BCUT2D eigenvalue weighted by Crippen LogP contribution is 2.36. The Morgan fingerprint density at radius 2 is 2.00 bits per heavy atom. The maximum atomic E-state index is 3.63. The van der Waals surface area contributed by atoms with Gasteiger partial charge in [0.2, 0.25) is 0 Å². The topological polar surface area (TPSA) is 15.3 Å². The van der Waals surface area contributed by atoms with Crippen LogP contribution in [0.4, 0.5) is 0 Å². The number of rotatable bonds is 4. The Morgan fingerprint density at radius 3 is 2.70 bits per heavy atom. The summed E-state index contributed by atoms with van der Waals surface area (Å²) in [6.07, 6.45) is 3.76. The van der Waals surface area contributed by atoms with Gasteiger partial charge in [-0.15, -0.1) is 11.3 Å². The van der Waals surface area contributed by atoms with Crippen LogP contribution in [-0.2, 0) is 12.2 Å². The standard InChI is InChI=1S/C17H22N2S/c1-18-17(15-8-3-2-4-9-15)11-5-6-12-19(17)14-16-10-7-13-20-16/h2-4,7-10,13,18H,5-6,11-12,14H2,1H3. The molecule has 1 aromatic heterocycles. The van der Waals surface area contributed by atoms with Crippen molar-refractivity contribution >= 4 is 11.3 Å². The SMILES string of the molecule is CNC1(c2ccccc2)CCCCN1Cc1cccs1. The molecule has 1 unspecified atom stereocenters. The Kier molecular flexibility index (Phi) is 4.20. The van der Waals surface area contributed by atoms with Crippen LogP contribution in [0.25, 0.3) is 0 Å². The van der Waals surface area contributed by atoms with Gasteiger partial charge < -0.3 is 0 Å². The number of nitrogens with zero attached hydrogens (tertiary/aromatic N) is 1. The first-order chi connectivity index (χ1) is 9.85. The highest BCUT2D eigenvalue weighted by atomic mass is 32.1. The van der Waals surface area contributed by atoms with Crippen LogP contribution >= 0.6 is 11.3 Å². The number of hydrogen-bond acceptors (Lipinski definition) is 3. The molecule has 1 saturated heterocycles. The third kappa shape index (κ3) is 2.53. The molecule has 0 saturated carbocycles. The van der Waals surface area contributed by atoms with E-state index in [2.05, 4.69) is 65.1 Å². The zero-order valence-corrected chi connectivity index (χ0v) is 12.8. The summed E-state index contributed by atoms with van der Waals surface area (Å²) in [5.41, 5.74) is 1.38. The third-order valence-electron chi connectivity index (χ3n) is 4.35. The highest BCUT2D eigenvalue weighted by molar-refractivity contribution is 7.09. The predicted octanol–water partition coefficient (Wildman–Crippen LogP) is 3.81. The normalized spacial score (nSPS) is 23.9. The molecule has 1 fully saturated rings. The summed E-state index contributed by atoms with van der Waals surface area (Å²) in [5.74, 6) is 0. The second-order valence-corrected chi connectivity index (χ2v) is 6.47. The van der Waals surface area contributed by atoms with E-state index in [0.29, 0.717) is 0 Å². The van der Waals surface area contributed by atoms with Crippen LogP contribution in [-0.4, -0.2) is 18.5 Å². The number of hydrogen-bond donors (Lipinski definition) is 1. The van der Waals surface area contributed by atoms with Gasteiger partial charge in [-0.05, 0) is 43.3 Å². The van der Waals surface area contributed by atoms with Crippen molar-refractivity contribution in [1.29, 1.82) is 0 Å². The van der Waals surface area contributed by atoms with Gasteiger partial charge in [0.1, 0.15) is 0 Å². The molecule has 0 bridgehead atoms. The van der Waals surface area contributed by atoms with E-state index in [1.807, 2.05) is 11.3 Å². The van der Waals surface area contributed by atoms with Crippen LogP contribution in [0.3, 0.4) is 0 Å². The summed E-state index contributed by atoms with van der Waals surface area (Å²) in [4.78, 5) is 4.06. The molecule has 1 aliphatic heterocycles. The van der Waals surface area contributed by atoms with E-state index in [1.54, 1.807) is 0 Å². The zero-order valence-electron chi connectivity index (χ0n) is 12.0. The minimum absolute atomic E-state index is 0.0104.